The van der Waals surface area contributed by atoms with Crippen LogP contribution in [0.15, 0.2) is 162 Å². The molecule has 0 saturated heterocycles. The zero-order chi connectivity index (χ0) is 70.7. The smallest absolute Gasteiger partial charge is 0.0482 e. The average Bonchev–Trinajstić information content (AvgIpc) is 0.767. The van der Waals surface area contributed by atoms with Gasteiger partial charge < -0.3 is 10.6 Å². The highest BCUT2D eigenvalue weighted by Gasteiger charge is 2.39. The van der Waals surface area contributed by atoms with Gasteiger partial charge in [-0.2, -0.15) is 0 Å². The molecule has 2 N–H and O–H groups in total. The molecule has 3 aromatic rings. The Balaban J connectivity index is 0.901. The standard InChI is InChI=1S/C97H139N3/c1-16-18-20-22-24-84-63-95(93-53-51-91(61-68(93)10)100(87-44-36-81(37-45-87)79-32-28-77(29-33-79)73(15)98)89-48-40-83(41-49-89)97-71(13)58-75(55-65(5)6)59-72(97)14)85(25-23-21-19-17-2)62-94(84)92-52-50-90(60-67(92)9)99(86-42-34-80(35-43-86)78-30-26-76(27-31-78)66(7)8)88-46-38-82(39-47-88)96-69(11)56-74(54-64(3)4)57-70(96)12/h26,28,30,32-34,36,38-42,44,46,48-49,56-58,60-66,71-73,76-78,80-81,86-88,90-93,97H,16-25,27,29,31,35,37,43,45,47,50-55,59,98H2,1-15H3. The Morgan fingerprint density at radius 3 is 1.62 bits per heavy atom. The van der Waals surface area contributed by atoms with Crippen LogP contribution in [0.2, 0.25) is 0 Å². The van der Waals surface area contributed by atoms with E-state index in [-0.39, 0.29) is 6.04 Å². The number of aryl methyl sites for hydroxylation is 4. The summed E-state index contributed by atoms with van der Waals surface area (Å²) in [6, 6.07) is 22.9. The summed E-state index contributed by atoms with van der Waals surface area (Å²) in [5.74, 6) is 7.73. The molecule has 8 aliphatic rings. The molecule has 0 saturated carbocycles. The number of hydrogen-bond donors (Lipinski definition) is 1. The van der Waals surface area contributed by atoms with Crippen molar-refractivity contribution >= 4 is 11.3 Å². The Morgan fingerprint density at radius 1 is 0.510 bits per heavy atom. The topological polar surface area (TPSA) is 32.5 Å². The predicted molar refractivity (Wildman–Crippen MR) is 436 cm³/mol. The fraction of sp³-hybridized carbons (Fsp3) is 0.608. The van der Waals surface area contributed by atoms with Crippen LogP contribution < -0.4 is 10.6 Å². The molecular weight excluding hydrogens is 1210 g/mol. The van der Waals surface area contributed by atoms with E-state index in [0.29, 0.717) is 95.3 Å². The van der Waals surface area contributed by atoms with Crippen molar-refractivity contribution in [1.82, 2.24) is 4.90 Å². The monoisotopic (exact) mass is 1350 g/mol. The van der Waals surface area contributed by atoms with E-state index >= 15 is 0 Å². The van der Waals surface area contributed by atoms with Crippen LogP contribution in [0.1, 0.15) is 299 Å². The average molecular weight is 1350 g/mol. The van der Waals surface area contributed by atoms with E-state index in [1.807, 2.05) is 0 Å². The van der Waals surface area contributed by atoms with Gasteiger partial charge in [-0.3, -0.25) is 4.90 Å². The fourth-order valence-electron chi connectivity index (χ4n) is 20.8. The molecule has 0 radical (unpaired) electrons. The molecule has 0 aliphatic heterocycles. The van der Waals surface area contributed by atoms with E-state index in [1.165, 1.54) is 179 Å². The summed E-state index contributed by atoms with van der Waals surface area (Å²) in [6.45, 7) is 36.0. The number of anilines is 1. The van der Waals surface area contributed by atoms with Crippen molar-refractivity contribution in [2.75, 3.05) is 4.90 Å². The van der Waals surface area contributed by atoms with Gasteiger partial charge in [0.1, 0.15) is 0 Å². The van der Waals surface area contributed by atoms with Crippen molar-refractivity contribution in [2.45, 2.75) is 318 Å². The van der Waals surface area contributed by atoms with Crippen molar-refractivity contribution in [3.8, 4) is 0 Å². The molecule has 3 nitrogen and oxygen atoms in total. The first-order chi connectivity index (χ1) is 48.2. The minimum absolute atomic E-state index is 0.190. The van der Waals surface area contributed by atoms with Gasteiger partial charge >= 0.3 is 0 Å². The SMILES string of the molecule is CCCCCCc1cc(C2CCC(N(C3C=CC(c4c(C)cc(CC(C)C)cc4C)=CC3)C3C=CC(C4C=CC(C(C)C)CC4)CC3)C=C2C)c(CCCCCC)cc1C1CCC(N(c2ccc(C3C(C)C=C(CC(C)C)CC3C)cc2)C2C=CC(C3=CCC(C(C)N)C=C3)CC2)C=C1C. The maximum Gasteiger partial charge on any atom is 0.0482 e. The Kier molecular flexibility index (Phi) is 27.0. The van der Waals surface area contributed by atoms with Crippen LogP contribution in [0.25, 0.3) is 5.57 Å². The number of allylic oxidation sites excluding steroid dienone is 13. The van der Waals surface area contributed by atoms with E-state index in [2.05, 4.69) is 253 Å². The summed E-state index contributed by atoms with van der Waals surface area (Å²) in [7, 11) is 0. The summed E-state index contributed by atoms with van der Waals surface area (Å²) in [4.78, 5) is 5.90. The molecule has 3 aromatic carbocycles. The van der Waals surface area contributed by atoms with Crippen LogP contribution in [-0.4, -0.2) is 41.2 Å². The Labute approximate surface area is 612 Å². The first kappa shape index (κ1) is 75.9. The van der Waals surface area contributed by atoms with Gasteiger partial charge in [0.15, 0.2) is 0 Å². The molecule has 16 atom stereocenters. The number of nitrogens with two attached hydrogens (primary N) is 1. The number of benzene rings is 3. The summed E-state index contributed by atoms with van der Waals surface area (Å²) < 4.78 is 0. The molecule has 542 valence electrons. The lowest BCUT2D eigenvalue weighted by molar-refractivity contribution is 0.121. The van der Waals surface area contributed by atoms with Crippen LogP contribution >= 0.6 is 0 Å². The molecular formula is C97H139N3. The van der Waals surface area contributed by atoms with Crippen molar-refractivity contribution in [1.29, 1.82) is 0 Å². The first-order valence-electron chi connectivity index (χ1n) is 41.8. The highest BCUT2D eigenvalue weighted by atomic mass is 15.2. The lowest BCUT2D eigenvalue weighted by Crippen LogP contribution is -2.49. The molecule has 11 rings (SSSR count). The van der Waals surface area contributed by atoms with Gasteiger partial charge in [0.25, 0.3) is 0 Å². The maximum atomic E-state index is 6.40. The van der Waals surface area contributed by atoms with Gasteiger partial charge in [0, 0.05) is 59.7 Å². The Bertz CT molecular complexity index is 3480. The molecule has 16 unspecified atom stereocenters. The predicted octanol–water partition coefficient (Wildman–Crippen LogP) is 25.8. The van der Waals surface area contributed by atoms with Crippen molar-refractivity contribution < 1.29 is 0 Å². The second kappa shape index (κ2) is 35.5. The van der Waals surface area contributed by atoms with Crippen LogP contribution in [0.3, 0.4) is 0 Å². The number of unbranched alkanes of at least 4 members (excludes halogenated alkanes) is 6. The van der Waals surface area contributed by atoms with E-state index < -0.39 is 0 Å². The summed E-state index contributed by atoms with van der Waals surface area (Å²) >= 11 is 0. The van der Waals surface area contributed by atoms with Gasteiger partial charge in [-0.25, -0.2) is 0 Å². The quantitative estimate of drug-likeness (QED) is 0.0581. The van der Waals surface area contributed by atoms with Gasteiger partial charge in [-0.15, -0.1) is 0 Å². The summed E-state index contributed by atoms with van der Waals surface area (Å²) in [5, 5.41) is 0. The largest absolute Gasteiger partial charge is 0.359 e. The van der Waals surface area contributed by atoms with Crippen LogP contribution in [0.5, 0.6) is 0 Å². The molecule has 0 amide bonds. The molecule has 100 heavy (non-hydrogen) atoms. The molecule has 8 aliphatic carbocycles. The van der Waals surface area contributed by atoms with Crippen molar-refractivity contribution in [3.05, 3.63) is 212 Å². The van der Waals surface area contributed by atoms with E-state index in [4.69, 9.17) is 5.73 Å². The second-order valence-corrected chi connectivity index (χ2v) is 35.2. The van der Waals surface area contributed by atoms with Gasteiger partial charge in [-0.1, -0.05) is 252 Å². The van der Waals surface area contributed by atoms with Gasteiger partial charge in [0.2, 0.25) is 0 Å². The minimum atomic E-state index is 0.190. The number of nitrogens with zero attached hydrogens (tertiary/aromatic N) is 2. The zero-order valence-corrected chi connectivity index (χ0v) is 65.9. The van der Waals surface area contributed by atoms with E-state index in [1.54, 1.807) is 39.0 Å². The molecule has 3 heteroatoms. The molecule has 0 aromatic heterocycles. The van der Waals surface area contributed by atoms with Crippen LogP contribution in [0, 0.1) is 73.0 Å². The Hall–Kier alpha value is -5.22. The third-order valence-electron chi connectivity index (χ3n) is 26.1. The normalized spacial score (nSPS) is 29.7. The second-order valence-electron chi connectivity index (χ2n) is 35.2. The Morgan fingerprint density at radius 2 is 1.11 bits per heavy atom. The van der Waals surface area contributed by atoms with E-state index in [0.717, 1.165) is 37.5 Å². The first-order valence-corrected chi connectivity index (χ1v) is 41.8. The fourth-order valence-corrected chi connectivity index (χ4v) is 20.8. The molecule has 0 bridgehead atoms. The van der Waals surface area contributed by atoms with Crippen molar-refractivity contribution in [3.63, 3.8) is 0 Å². The third-order valence-corrected chi connectivity index (χ3v) is 26.1. The maximum absolute atomic E-state index is 6.40. The van der Waals surface area contributed by atoms with Crippen LogP contribution in [-0.2, 0) is 19.3 Å². The lowest BCUT2D eigenvalue weighted by Gasteiger charge is -2.45. The third kappa shape index (κ3) is 18.6. The highest BCUT2D eigenvalue weighted by molar-refractivity contribution is 5.79. The lowest BCUT2D eigenvalue weighted by atomic mass is 9.70. The van der Waals surface area contributed by atoms with Crippen LogP contribution in [0.4, 0.5) is 5.69 Å². The molecule has 0 fully saturated rings. The molecule has 0 spiro atoms. The molecule has 0 heterocycles. The highest BCUT2D eigenvalue weighted by Crippen LogP contribution is 2.48. The van der Waals surface area contributed by atoms with E-state index in [9.17, 15) is 0 Å². The number of hydrogen-bond acceptors (Lipinski definition) is 3. The van der Waals surface area contributed by atoms with Gasteiger partial charge in [0.05, 0.1) is 0 Å². The summed E-state index contributed by atoms with van der Waals surface area (Å²) in [5.41, 5.74) is 29.5. The zero-order valence-electron chi connectivity index (χ0n) is 65.9. The van der Waals surface area contributed by atoms with Crippen molar-refractivity contribution in [2.24, 2.45) is 64.9 Å². The number of rotatable bonds is 28. The van der Waals surface area contributed by atoms with Gasteiger partial charge in [-0.05, 0) is 289 Å². The summed E-state index contributed by atoms with van der Waals surface area (Å²) in [6.07, 6.45) is 69.9. The minimum Gasteiger partial charge on any atom is -0.359 e.